The zero-order valence-corrected chi connectivity index (χ0v) is 16.0. The summed E-state index contributed by atoms with van der Waals surface area (Å²) < 4.78 is 83.7. The van der Waals surface area contributed by atoms with E-state index in [4.69, 9.17) is 4.74 Å². The first-order valence-corrected chi connectivity index (χ1v) is 9.08. The van der Waals surface area contributed by atoms with Gasteiger partial charge in [-0.05, 0) is 44.9 Å². The molecule has 0 spiro atoms. The zero-order chi connectivity index (χ0) is 21.3. The Balaban J connectivity index is 3.13. The number of halogens is 6. The second-order valence-electron chi connectivity index (χ2n) is 8.53. The van der Waals surface area contributed by atoms with Crippen LogP contribution in [0.4, 0.5) is 26.3 Å². The Labute approximate surface area is 155 Å². The summed E-state index contributed by atoms with van der Waals surface area (Å²) in [5, 5.41) is 9.53. The number of carbonyl (C=O) groups is 1. The molecule has 0 amide bonds. The molecule has 0 aromatic carbocycles. The smallest absolute Gasteiger partial charge is 0.426 e. The minimum absolute atomic E-state index is 0.0831. The van der Waals surface area contributed by atoms with E-state index in [1.165, 1.54) is 0 Å². The fourth-order valence-electron chi connectivity index (χ4n) is 3.72. The standard InChI is InChI=1S/C18H28F6O3/c1-11(2)9-15(3,4)14(25)27-13(12-7-5-6-8-12)10-16(26,17(19,20)21)18(22,23)24/h11-13,26H,5-10H2,1-4H3. The Morgan fingerprint density at radius 3 is 1.81 bits per heavy atom. The molecule has 1 rings (SSSR count). The van der Waals surface area contributed by atoms with Gasteiger partial charge in [-0.15, -0.1) is 0 Å². The summed E-state index contributed by atoms with van der Waals surface area (Å²) in [6.07, 6.45) is -12.9. The van der Waals surface area contributed by atoms with E-state index in [1.54, 1.807) is 13.8 Å². The largest absolute Gasteiger partial charge is 0.462 e. The lowest BCUT2D eigenvalue weighted by molar-refractivity contribution is -0.375. The fraction of sp³-hybridized carbons (Fsp3) is 0.944. The predicted octanol–water partition coefficient (Wildman–Crippen LogP) is 5.41. The average Bonchev–Trinajstić information content (AvgIpc) is 2.96. The van der Waals surface area contributed by atoms with E-state index in [0.29, 0.717) is 32.1 Å². The van der Waals surface area contributed by atoms with Gasteiger partial charge in [-0.3, -0.25) is 4.79 Å². The molecular weight excluding hydrogens is 378 g/mol. The van der Waals surface area contributed by atoms with E-state index in [-0.39, 0.29) is 5.92 Å². The van der Waals surface area contributed by atoms with Gasteiger partial charge in [0.25, 0.3) is 5.60 Å². The number of aliphatic hydroxyl groups is 1. The summed E-state index contributed by atoms with van der Waals surface area (Å²) in [4.78, 5) is 12.5. The van der Waals surface area contributed by atoms with Gasteiger partial charge in [-0.1, -0.05) is 26.7 Å². The van der Waals surface area contributed by atoms with Crippen molar-refractivity contribution in [3.63, 3.8) is 0 Å². The molecule has 0 heterocycles. The van der Waals surface area contributed by atoms with E-state index in [2.05, 4.69) is 0 Å². The predicted molar refractivity (Wildman–Crippen MR) is 86.8 cm³/mol. The molecule has 0 bridgehead atoms. The van der Waals surface area contributed by atoms with Crippen molar-refractivity contribution in [2.75, 3.05) is 0 Å². The molecule has 1 aliphatic rings. The van der Waals surface area contributed by atoms with Crippen molar-refractivity contribution >= 4 is 5.97 Å². The third-order valence-electron chi connectivity index (χ3n) is 5.09. The highest BCUT2D eigenvalue weighted by molar-refractivity contribution is 5.76. The van der Waals surface area contributed by atoms with Crippen molar-refractivity contribution < 1.29 is 41.0 Å². The SMILES string of the molecule is CC(C)CC(C)(C)C(=O)OC(CC(O)(C(F)(F)F)C(F)(F)F)C1CCCC1. The molecule has 1 unspecified atom stereocenters. The van der Waals surface area contributed by atoms with Crippen LogP contribution in [-0.4, -0.2) is 35.1 Å². The second kappa shape index (κ2) is 8.17. The van der Waals surface area contributed by atoms with Gasteiger partial charge in [-0.2, -0.15) is 26.3 Å². The lowest BCUT2D eigenvalue weighted by Gasteiger charge is -2.37. The average molecular weight is 406 g/mol. The Bertz CT molecular complexity index is 490. The number of hydrogen-bond acceptors (Lipinski definition) is 3. The first-order valence-electron chi connectivity index (χ1n) is 9.08. The number of rotatable bonds is 7. The Morgan fingerprint density at radius 1 is 1.00 bits per heavy atom. The molecule has 3 nitrogen and oxygen atoms in total. The van der Waals surface area contributed by atoms with Crippen LogP contribution in [0.1, 0.15) is 66.2 Å². The van der Waals surface area contributed by atoms with E-state index in [9.17, 15) is 36.2 Å². The molecule has 160 valence electrons. The highest BCUT2D eigenvalue weighted by atomic mass is 19.4. The van der Waals surface area contributed by atoms with Crippen LogP contribution in [0.5, 0.6) is 0 Å². The van der Waals surface area contributed by atoms with Crippen LogP contribution in [0.3, 0.4) is 0 Å². The van der Waals surface area contributed by atoms with Crippen molar-refractivity contribution in [1.29, 1.82) is 0 Å². The minimum atomic E-state index is -5.93. The monoisotopic (exact) mass is 406 g/mol. The Hall–Kier alpha value is -0.990. The first-order chi connectivity index (χ1) is 12.0. The lowest BCUT2D eigenvalue weighted by Crippen LogP contribution is -2.59. The number of hydrogen-bond donors (Lipinski definition) is 1. The Kier molecular flexibility index (Phi) is 7.28. The topological polar surface area (TPSA) is 46.5 Å². The van der Waals surface area contributed by atoms with Crippen LogP contribution in [0.2, 0.25) is 0 Å². The normalized spacial score (nSPS) is 18.8. The highest BCUT2D eigenvalue weighted by Crippen LogP contribution is 2.48. The maximum Gasteiger partial charge on any atom is 0.426 e. The van der Waals surface area contributed by atoms with Gasteiger partial charge in [0.2, 0.25) is 0 Å². The van der Waals surface area contributed by atoms with E-state index >= 15 is 0 Å². The lowest BCUT2D eigenvalue weighted by atomic mass is 9.83. The number of carbonyl (C=O) groups excluding carboxylic acids is 1. The molecule has 0 aromatic heterocycles. The quantitative estimate of drug-likeness (QED) is 0.454. The van der Waals surface area contributed by atoms with Gasteiger partial charge < -0.3 is 9.84 Å². The third-order valence-corrected chi connectivity index (χ3v) is 5.09. The van der Waals surface area contributed by atoms with E-state index in [0.717, 1.165) is 0 Å². The van der Waals surface area contributed by atoms with Crippen LogP contribution < -0.4 is 0 Å². The van der Waals surface area contributed by atoms with Gasteiger partial charge in [0.05, 0.1) is 5.41 Å². The van der Waals surface area contributed by atoms with Crippen molar-refractivity contribution in [3.05, 3.63) is 0 Å². The summed E-state index contributed by atoms with van der Waals surface area (Å²) in [5.41, 5.74) is -5.98. The summed E-state index contributed by atoms with van der Waals surface area (Å²) in [6.45, 7) is 6.77. The molecule has 1 saturated carbocycles. The van der Waals surface area contributed by atoms with Crippen LogP contribution in [-0.2, 0) is 9.53 Å². The van der Waals surface area contributed by atoms with Crippen LogP contribution in [0.25, 0.3) is 0 Å². The maximum absolute atomic E-state index is 13.1. The maximum atomic E-state index is 13.1. The first kappa shape index (κ1) is 24.0. The summed E-state index contributed by atoms with van der Waals surface area (Å²) >= 11 is 0. The van der Waals surface area contributed by atoms with Crippen molar-refractivity contribution in [3.8, 4) is 0 Å². The highest BCUT2D eigenvalue weighted by Gasteiger charge is 2.71. The molecule has 1 fully saturated rings. The van der Waals surface area contributed by atoms with Crippen molar-refractivity contribution in [2.45, 2.75) is 90.3 Å². The molecule has 27 heavy (non-hydrogen) atoms. The molecule has 1 N–H and O–H groups in total. The van der Waals surface area contributed by atoms with Gasteiger partial charge in [0.1, 0.15) is 6.10 Å². The Morgan fingerprint density at radius 2 is 1.44 bits per heavy atom. The number of ether oxygens (including phenoxy) is 1. The summed E-state index contributed by atoms with van der Waals surface area (Å²) in [6, 6.07) is 0. The second-order valence-corrected chi connectivity index (χ2v) is 8.53. The minimum Gasteiger partial charge on any atom is -0.462 e. The zero-order valence-electron chi connectivity index (χ0n) is 16.0. The van der Waals surface area contributed by atoms with Crippen LogP contribution >= 0.6 is 0 Å². The molecule has 0 radical (unpaired) electrons. The van der Waals surface area contributed by atoms with Crippen molar-refractivity contribution in [2.24, 2.45) is 17.3 Å². The summed E-state index contributed by atoms with van der Waals surface area (Å²) in [7, 11) is 0. The molecule has 0 saturated heterocycles. The molecule has 0 aromatic rings. The van der Waals surface area contributed by atoms with Crippen LogP contribution in [0, 0.1) is 17.3 Å². The third kappa shape index (κ3) is 5.74. The van der Waals surface area contributed by atoms with E-state index < -0.39 is 47.8 Å². The fourth-order valence-corrected chi connectivity index (χ4v) is 3.72. The molecule has 1 aliphatic carbocycles. The molecule has 0 aliphatic heterocycles. The van der Waals surface area contributed by atoms with Gasteiger partial charge >= 0.3 is 18.3 Å². The van der Waals surface area contributed by atoms with Gasteiger partial charge in [0.15, 0.2) is 0 Å². The summed E-state index contributed by atoms with van der Waals surface area (Å²) in [5.74, 6) is -1.40. The van der Waals surface area contributed by atoms with Crippen molar-refractivity contribution in [1.82, 2.24) is 0 Å². The van der Waals surface area contributed by atoms with E-state index in [1.807, 2.05) is 13.8 Å². The molecular formula is C18H28F6O3. The number of alkyl halides is 6. The molecule has 1 atom stereocenters. The number of esters is 1. The van der Waals surface area contributed by atoms with Crippen LogP contribution in [0.15, 0.2) is 0 Å². The van der Waals surface area contributed by atoms with Gasteiger partial charge in [-0.25, -0.2) is 0 Å². The van der Waals surface area contributed by atoms with Gasteiger partial charge in [0, 0.05) is 6.42 Å². The molecule has 9 heteroatoms.